The minimum absolute atomic E-state index is 0.0948. The summed E-state index contributed by atoms with van der Waals surface area (Å²) in [5.74, 6) is -1.28. The first kappa shape index (κ1) is 26.2. The van der Waals surface area contributed by atoms with Gasteiger partial charge in [0.05, 0.1) is 35.7 Å². The first-order valence-electron chi connectivity index (χ1n) is 12.1. The van der Waals surface area contributed by atoms with Crippen LogP contribution in [-0.4, -0.2) is 43.9 Å². The lowest BCUT2D eigenvalue weighted by Crippen LogP contribution is -2.37. The molecule has 0 radical (unpaired) electrons. The SMILES string of the molecule is CCOC(=O)c1ccc2c(c1)NC(=O)/C2=C(/Nc1ccc(N(C)C(=O)CNC(C)=O)cc1)c1ccccc1. The van der Waals surface area contributed by atoms with Crippen LogP contribution in [0.5, 0.6) is 0 Å². The highest BCUT2D eigenvalue weighted by molar-refractivity contribution is 6.37. The van der Waals surface area contributed by atoms with E-state index in [9.17, 15) is 19.2 Å². The Hall–Kier alpha value is -4.92. The molecule has 1 aliphatic heterocycles. The summed E-state index contributed by atoms with van der Waals surface area (Å²) in [6.45, 7) is 3.25. The molecule has 3 aromatic rings. The predicted octanol–water partition coefficient (Wildman–Crippen LogP) is 3.89. The van der Waals surface area contributed by atoms with E-state index in [0.29, 0.717) is 39.5 Å². The van der Waals surface area contributed by atoms with Crippen LogP contribution in [0.2, 0.25) is 0 Å². The second-order valence-corrected chi connectivity index (χ2v) is 8.59. The van der Waals surface area contributed by atoms with Gasteiger partial charge in [-0.05, 0) is 48.9 Å². The maximum atomic E-state index is 13.2. The molecule has 9 nitrogen and oxygen atoms in total. The van der Waals surface area contributed by atoms with Gasteiger partial charge < -0.3 is 25.6 Å². The Morgan fingerprint density at radius 2 is 1.66 bits per heavy atom. The lowest BCUT2D eigenvalue weighted by molar-refractivity contribution is -0.123. The van der Waals surface area contributed by atoms with E-state index in [4.69, 9.17) is 4.74 Å². The van der Waals surface area contributed by atoms with Crippen molar-refractivity contribution in [3.05, 3.63) is 89.5 Å². The number of anilines is 3. The molecule has 0 bridgehead atoms. The van der Waals surface area contributed by atoms with Crippen molar-refractivity contribution in [3.63, 3.8) is 0 Å². The summed E-state index contributed by atoms with van der Waals surface area (Å²) >= 11 is 0. The summed E-state index contributed by atoms with van der Waals surface area (Å²) in [5.41, 5.74) is 4.72. The summed E-state index contributed by atoms with van der Waals surface area (Å²) in [5, 5.41) is 8.73. The Morgan fingerprint density at radius 3 is 2.32 bits per heavy atom. The van der Waals surface area contributed by atoms with Crippen LogP contribution in [0.15, 0.2) is 72.8 Å². The molecule has 194 valence electrons. The minimum atomic E-state index is -0.455. The van der Waals surface area contributed by atoms with Gasteiger partial charge in [-0.2, -0.15) is 0 Å². The zero-order chi connectivity index (χ0) is 27.2. The topological polar surface area (TPSA) is 117 Å². The zero-order valence-electron chi connectivity index (χ0n) is 21.3. The Kier molecular flexibility index (Phi) is 7.86. The van der Waals surface area contributed by atoms with Crippen molar-refractivity contribution < 1.29 is 23.9 Å². The van der Waals surface area contributed by atoms with Gasteiger partial charge in [0.1, 0.15) is 0 Å². The number of hydrogen-bond donors (Lipinski definition) is 3. The molecule has 0 spiro atoms. The van der Waals surface area contributed by atoms with E-state index in [2.05, 4.69) is 16.0 Å². The summed E-state index contributed by atoms with van der Waals surface area (Å²) in [4.78, 5) is 50.3. The molecule has 3 aromatic carbocycles. The maximum Gasteiger partial charge on any atom is 0.338 e. The molecular weight excluding hydrogens is 484 g/mol. The van der Waals surface area contributed by atoms with Crippen LogP contribution in [0, 0.1) is 0 Å². The molecular formula is C29H28N4O5. The van der Waals surface area contributed by atoms with E-state index >= 15 is 0 Å². The van der Waals surface area contributed by atoms with E-state index in [0.717, 1.165) is 5.56 Å². The number of nitrogens with zero attached hydrogens (tertiary/aromatic N) is 1. The van der Waals surface area contributed by atoms with Gasteiger partial charge in [0.25, 0.3) is 5.91 Å². The molecule has 9 heteroatoms. The molecule has 3 amide bonds. The largest absolute Gasteiger partial charge is 0.462 e. The summed E-state index contributed by atoms with van der Waals surface area (Å²) in [6, 6.07) is 21.6. The first-order chi connectivity index (χ1) is 18.3. The standard InChI is InChI=1S/C29H28N4O5/c1-4-38-29(37)20-10-15-23-24(16-20)32-28(36)26(23)27(19-8-6-5-7-9-19)31-21-11-13-22(14-12-21)33(3)25(35)17-30-18(2)34/h5-16,31H,4,17H2,1-3H3,(H,30,34)(H,32,36)/b27-26+. The molecule has 0 saturated heterocycles. The van der Waals surface area contributed by atoms with Gasteiger partial charge in [-0.25, -0.2) is 4.79 Å². The number of carbonyl (C=O) groups is 4. The first-order valence-corrected chi connectivity index (χ1v) is 12.1. The van der Waals surface area contributed by atoms with Crippen LogP contribution in [0.3, 0.4) is 0 Å². The Labute approximate surface area is 220 Å². The van der Waals surface area contributed by atoms with E-state index in [1.165, 1.54) is 11.8 Å². The average molecular weight is 513 g/mol. The quantitative estimate of drug-likeness (QED) is 0.311. The van der Waals surface area contributed by atoms with Crippen LogP contribution in [0.25, 0.3) is 11.3 Å². The number of nitrogens with one attached hydrogen (secondary N) is 3. The average Bonchev–Trinajstić information content (AvgIpc) is 3.25. The van der Waals surface area contributed by atoms with Crippen molar-refractivity contribution in [2.45, 2.75) is 13.8 Å². The molecule has 1 aliphatic rings. The molecule has 38 heavy (non-hydrogen) atoms. The number of carbonyl (C=O) groups excluding carboxylic acids is 4. The normalized spacial score (nSPS) is 13.2. The number of hydrogen-bond acceptors (Lipinski definition) is 6. The highest BCUT2D eigenvalue weighted by Crippen LogP contribution is 2.38. The van der Waals surface area contributed by atoms with Gasteiger partial charge in [0, 0.05) is 30.9 Å². The van der Waals surface area contributed by atoms with Crippen LogP contribution in [0.1, 0.15) is 35.3 Å². The second kappa shape index (κ2) is 11.4. The number of fused-ring (bicyclic) bond motifs is 1. The third-order valence-corrected chi connectivity index (χ3v) is 5.97. The summed E-state index contributed by atoms with van der Waals surface area (Å²) < 4.78 is 5.08. The van der Waals surface area contributed by atoms with Gasteiger partial charge >= 0.3 is 5.97 Å². The van der Waals surface area contributed by atoms with Crippen LogP contribution in [0.4, 0.5) is 17.1 Å². The van der Waals surface area contributed by atoms with Crippen molar-refractivity contribution in [2.24, 2.45) is 0 Å². The Bertz CT molecular complexity index is 1410. The van der Waals surface area contributed by atoms with Crippen molar-refractivity contribution in [3.8, 4) is 0 Å². The number of ether oxygens (including phenoxy) is 1. The van der Waals surface area contributed by atoms with E-state index in [-0.39, 0.29) is 30.9 Å². The molecule has 4 rings (SSSR count). The zero-order valence-corrected chi connectivity index (χ0v) is 21.3. The molecule has 0 aromatic heterocycles. The van der Waals surface area contributed by atoms with Crippen molar-refractivity contribution >= 4 is 52.0 Å². The monoisotopic (exact) mass is 512 g/mol. The van der Waals surface area contributed by atoms with Crippen LogP contribution >= 0.6 is 0 Å². The lowest BCUT2D eigenvalue weighted by Gasteiger charge is -2.19. The van der Waals surface area contributed by atoms with Gasteiger partial charge in [-0.15, -0.1) is 0 Å². The third kappa shape index (κ3) is 5.73. The van der Waals surface area contributed by atoms with Gasteiger partial charge in [0.2, 0.25) is 11.8 Å². The van der Waals surface area contributed by atoms with Crippen molar-refractivity contribution in [1.29, 1.82) is 0 Å². The van der Waals surface area contributed by atoms with Crippen LogP contribution < -0.4 is 20.9 Å². The highest BCUT2D eigenvalue weighted by Gasteiger charge is 2.29. The smallest absolute Gasteiger partial charge is 0.338 e. The van der Waals surface area contributed by atoms with Crippen LogP contribution in [-0.2, 0) is 19.1 Å². The number of rotatable bonds is 8. The lowest BCUT2D eigenvalue weighted by atomic mass is 9.99. The highest BCUT2D eigenvalue weighted by atomic mass is 16.5. The molecule has 0 saturated carbocycles. The number of esters is 1. The van der Waals surface area contributed by atoms with E-state index in [1.807, 2.05) is 30.3 Å². The fourth-order valence-corrected chi connectivity index (χ4v) is 4.02. The Balaban J connectivity index is 1.67. The fourth-order valence-electron chi connectivity index (χ4n) is 4.02. The van der Waals surface area contributed by atoms with Gasteiger partial charge in [0.15, 0.2) is 0 Å². The van der Waals surface area contributed by atoms with E-state index in [1.54, 1.807) is 56.4 Å². The third-order valence-electron chi connectivity index (χ3n) is 5.97. The number of likely N-dealkylation sites (N-methyl/N-ethyl adjacent to an activating group) is 1. The number of benzene rings is 3. The second-order valence-electron chi connectivity index (χ2n) is 8.59. The minimum Gasteiger partial charge on any atom is -0.462 e. The molecule has 0 unspecified atom stereocenters. The molecule has 1 heterocycles. The maximum absolute atomic E-state index is 13.2. The molecule has 0 atom stereocenters. The van der Waals surface area contributed by atoms with Crippen molar-refractivity contribution in [1.82, 2.24) is 5.32 Å². The molecule has 0 fully saturated rings. The van der Waals surface area contributed by atoms with E-state index < -0.39 is 5.97 Å². The van der Waals surface area contributed by atoms with Crippen molar-refractivity contribution in [2.75, 3.05) is 35.7 Å². The molecule has 3 N–H and O–H groups in total. The Morgan fingerprint density at radius 1 is 0.947 bits per heavy atom. The predicted molar refractivity (Wildman–Crippen MR) is 146 cm³/mol. The molecule has 0 aliphatic carbocycles. The summed E-state index contributed by atoms with van der Waals surface area (Å²) in [7, 11) is 1.63. The fraction of sp³-hybridized carbons (Fsp3) is 0.172. The number of amides is 3. The summed E-state index contributed by atoms with van der Waals surface area (Å²) in [6.07, 6.45) is 0. The van der Waals surface area contributed by atoms with Gasteiger partial charge in [-0.1, -0.05) is 36.4 Å². The van der Waals surface area contributed by atoms with Gasteiger partial charge in [-0.3, -0.25) is 14.4 Å².